The number of carbonyl (C=O) groups excluding carboxylic acids is 1. The normalized spacial score (nSPS) is 11.3. The number of nitrogens with one attached hydrogen (secondary N) is 1. The molecule has 0 bridgehead atoms. The third-order valence-corrected chi connectivity index (χ3v) is 5.68. The van der Waals surface area contributed by atoms with Gasteiger partial charge in [0.2, 0.25) is 0 Å². The topological polar surface area (TPSA) is 77.1 Å². The van der Waals surface area contributed by atoms with Gasteiger partial charge in [-0.2, -0.15) is 5.10 Å². The van der Waals surface area contributed by atoms with E-state index in [2.05, 4.69) is 17.2 Å². The number of fused-ring (bicyclic) bond motifs is 2. The van der Waals surface area contributed by atoms with Crippen LogP contribution in [0.5, 0.6) is 0 Å². The third-order valence-electron chi connectivity index (χ3n) is 5.45. The predicted octanol–water partition coefficient (Wildman–Crippen LogP) is 4.90. The number of benzene rings is 1. The minimum absolute atomic E-state index is 0.253. The molecule has 0 saturated heterocycles. The maximum atomic E-state index is 13.1. The molecular formula is C24H21ClN6O. The number of nitrogens with zero attached hydrogens (tertiary/aromatic N) is 5. The van der Waals surface area contributed by atoms with E-state index in [0.717, 1.165) is 34.4 Å². The SMILES string of the molecule is CCc1cccc(Cn2nc(C)c3c(NC(=O)c4cnc5cc(Cl)ccn45)cccc32)n1. The lowest BCUT2D eigenvalue weighted by atomic mass is 10.1. The van der Waals surface area contributed by atoms with Crippen LogP contribution in [0.3, 0.4) is 0 Å². The Labute approximate surface area is 189 Å². The first-order chi connectivity index (χ1) is 15.5. The summed E-state index contributed by atoms with van der Waals surface area (Å²) in [6.45, 7) is 4.59. The van der Waals surface area contributed by atoms with Crippen molar-refractivity contribution in [3.05, 3.63) is 88.7 Å². The van der Waals surface area contributed by atoms with E-state index >= 15 is 0 Å². The van der Waals surface area contributed by atoms with Crippen LogP contribution in [0.2, 0.25) is 5.02 Å². The van der Waals surface area contributed by atoms with E-state index in [1.54, 1.807) is 28.9 Å². The zero-order chi connectivity index (χ0) is 22.2. The molecule has 0 atom stereocenters. The Bertz CT molecular complexity index is 1470. The molecule has 4 aromatic heterocycles. The second-order valence-corrected chi connectivity index (χ2v) is 8.02. The van der Waals surface area contributed by atoms with Crippen LogP contribution >= 0.6 is 11.6 Å². The third kappa shape index (κ3) is 3.61. The average Bonchev–Trinajstić information content (AvgIpc) is 3.35. The molecule has 32 heavy (non-hydrogen) atoms. The monoisotopic (exact) mass is 444 g/mol. The van der Waals surface area contributed by atoms with Gasteiger partial charge >= 0.3 is 0 Å². The molecule has 8 heteroatoms. The first-order valence-electron chi connectivity index (χ1n) is 10.4. The summed E-state index contributed by atoms with van der Waals surface area (Å²) in [4.78, 5) is 22.0. The quantitative estimate of drug-likeness (QED) is 0.418. The number of rotatable bonds is 5. The zero-order valence-corrected chi connectivity index (χ0v) is 18.5. The lowest BCUT2D eigenvalue weighted by molar-refractivity contribution is 0.102. The lowest BCUT2D eigenvalue weighted by Crippen LogP contribution is -2.14. The van der Waals surface area contributed by atoms with Gasteiger partial charge in [-0.3, -0.25) is 18.9 Å². The van der Waals surface area contributed by atoms with Gasteiger partial charge in [-0.1, -0.05) is 30.7 Å². The maximum Gasteiger partial charge on any atom is 0.274 e. The van der Waals surface area contributed by atoms with Crippen LogP contribution in [-0.2, 0) is 13.0 Å². The Morgan fingerprint density at radius 1 is 1.12 bits per heavy atom. The molecule has 1 aromatic carbocycles. The van der Waals surface area contributed by atoms with E-state index in [4.69, 9.17) is 21.7 Å². The molecule has 0 aliphatic rings. The van der Waals surface area contributed by atoms with E-state index in [0.29, 0.717) is 28.6 Å². The fourth-order valence-electron chi connectivity index (χ4n) is 3.92. The molecule has 7 nitrogen and oxygen atoms in total. The molecule has 0 fully saturated rings. The Balaban J connectivity index is 1.49. The number of carbonyl (C=O) groups is 1. The summed E-state index contributed by atoms with van der Waals surface area (Å²) < 4.78 is 3.64. The van der Waals surface area contributed by atoms with Crippen LogP contribution in [0.15, 0.2) is 60.9 Å². The Morgan fingerprint density at radius 2 is 1.94 bits per heavy atom. The summed E-state index contributed by atoms with van der Waals surface area (Å²) in [7, 11) is 0. The molecule has 4 heterocycles. The van der Waals surface area contributed by atoms with Crippen LogP contribution in [0, 0.1) is 6.92 Å². The number of hydrogen-bond donors (Lipinski definition) is 1. The summed E-state index contributed by atoms with van der Waals surface area (Å²) in [5.41, 5.74) is 5.54. The molecular weight excluding hydrogens is 424 g/mol. The van der Waals surface area contributed by atoms with Gasteiger partial charge in [0.1, 0.15) is 11.3 Å². The summed E-state index contributed by atoms with van der Waals surface area (Å²) in [5.74, 6) is -0.253. The van der Waals surface area contributed by atoms with Crippen LogP contribution in [-0.4, -0.2) is 30.1 Å². The second kappa shape index (κ2) is 8.09. The van der Waals surface area contributed by atoms with E-state index < -0.39 is 0 Å². The van der Waals surface area contributed by atoms with Gasteiger partial charge < -0.3 is 5.32 Å². The lowest BCUT2D eigenvalue weighted by Gasteiger charge is -2.08. The van der Waals surface area contributed by atoms with Crippen molar-refractivity contribution in [1.82, 2.24) is 24.1 Å². The van der Waals surface area contributed by atoms with E-state index in [9.17, 15) is 4.79 Å². The van der Waals surface area contributed by atoms with Crippen molar-refractivity contribution in [3.63, 3.8) is 0 Å². The first-order valence-corrected chi connectivity index (χ1v) is 10.8. The number of anilines is 1. The predicted molar refractivity (Wildman–Crippen MR) is 125 cm³/mol. The Morgan fingerprint density at radius 3 is 2.78 bits per heavy atom. The molecule has 0 saturated carbocycles. The van der Waals surface area contributed by atoms with Crippen molar-refractivity contribution in [1.29, 1.82) is 0 Å². The average molecular weight is 445 g/mol. The van der Waals surface area contributed by atoms with Gasteiger partial charge in [-0.15, -0.1) is 0 Å². The second-order valence-electron chi connectivity index (χ2n) is 7.59. The van der Waals surface area contributed by atoms with Crippen molar-refractivity contribution in [2.75, 3.05) is 5.32 Å². The van der Waals surface area contributed by atoms with E-state index in [1.807, 2.05) is 48.0 Å². The molecule has 0 unspecified atom stereocenters. The number of aromatic nitrogens is 5. The Hall–Kier alpha value is -3.71. The van der Waals surface area contributed by atoms with Crippen LogP contribution < -0.4 is 5.32 Å². The van der Waals surface area contributed by atoms with E-state index in [1.165, 1.54) is 0 Å². The highest BCUT2D eigenvalue weighted by Gasteiger charge is 2.17. The smallest absolute Gasteiger partial charge is 0.274 e. The van der Waals surface area contributed by atoms with Crippen LogP contribution in [0.25, 0.3) is 16.6 Å². The van der Waals surface area contributed by atoms with Crippen molar-refractivity contribution < 1.29 is 4.79 Å². The fourth-order valence-corrected chi connectivity index (χ4v) is 4.08. The summed E-state index contributed by atoms with van der Waals surface area (Å²) in [5, 5.41) is 9.23. The van der Waals surface area contributed by atoms with Gasteiger partial charge in [-0.25, -0.2) is 4.98 Å². The first kappa shape index (κ1) is 20.2. The van der Waals surface area contributed by atoms with Crippen molar-refractivity contribution in [2.45, 2.75) is 26.8 Å². The molecule has 1 amide bonds. The van der Waals surface area contributed by atoms with Gasteiger partial charge in [0.25, 0.3) is 5.91 Å². The number of halogens is 1. The molecule has 160 valence electrons. The Kier molecular flexibility index (Phi) is 5.11. The largest absolute Gasteiger partial charge is 0.320 e. The highest BCUT2D eigenvalue weighted by atomic mass is 35.5. The minimum atomic E-state index is -0.253. The molecule has 0 radical (unpaired) electrons. The van der Waals surface area contributed by atoms with Gasteiger partial charge in [-0.05, 0) is 43.7 Å². The molecule has 0 spiro atoms. The van der Waals surface area contributed by atoms with Gasteiger partial charge in [0.15, 0.2) is 0 Å². The van der Waals surface area contributed by atoms with Gasteiger partial charge in [0.05, 0.1) is 35.3 Å². The summed E-state index contributed by atoms with van der Waals surface area (Å²) >= 11 is 6.03. The zero-order valence-electron chi connectivity index (χ0n) is 17.7. The van der Waals surface area contributed by atoms with Crippen LogP contribution in [0.4, 0.5) is 5.69 Å². The fraction of sp³-hybridized carbons (Fsp3) is 0.167. The summed E-state index contributed by atoms with van der Waals surface area (Å²) in [6.07, 6.45) is 4.17. The number of imidazole rings is 1. The minimum Gasteiger partial charge on any atom is -0.320 e. The standard InChI is InChI=1S/C24H21ClN6O/c1-3-17-6-4-7-18(27-17)14-31-20-9-5-8-19(23(20)15(2)29-31)28-24(32)21-13-26-22-12-16(25)10-11-30(21)22/h4-13H,3,14H2,1-2H3,(H,28,32). The highest BCUT2D eigenvalue weighted by molar-refractivity contribution is 6.30. The van der Waals surface area contributed by atoms with Gasteiger partial charge in [0, 0.05) is 28.4 Å². The number of amides is 1. The van der Waals surface area contributed by atoms with Crippen LogP contribution in [0.1, 0.15) is 34.5 Å². The highest BCUT2D eigenvalue weighted by Crippen LogP contribution is 2.28. The molecule has 1 N–H and O–H groups in total. The molecule has 0 aliphatic heterocycles. The van der Waals surface area contributed by atoms with Crippen molar-refractivity contribution >= 4 is 39.7 Å². The summed E-state index contributed by atoms with van der Waals surface area (Å²) in [6, 6.07) is 15.3. The molecule has 5 rings (SSSR count). The molecule has 0 aliphatic carbocycles. The number of pyridine rings is 2. The molecule has 5 aromatic rings. The van der Waals surface area contributed by atoms with E-state index in [-0.39, 0.29) is 5.91 Å². The van der Waals surface area contributed by atoms with Crippen molar-refractivity contribution in [2.24, 2.45) is 0 Å². The number of aryl methyl sites for hydroxylation is 2. The van der Waals surface area contributed by atoms with Crippen molar-refractivity contribution in [3.8, 4) is 0 Å². The maximum absolute atomic E-state index is 13.1. The number of hydrogen-bond acceptors (Lipinski definition) is 4.